The van der Waals surface area contributed by atoms with Gasteiger partial charge in [0.15, 0.2) is 0 Å². The highest BCUT2D eigenvalue weighted by Gasteiger charge is 2.48. The molecule has 1 heterocycles. The Morgan fingerprint density at radius 2 is 1.72 bits per heavy atom. The molecule has 0 amide bonds. The Balaban J connectivity index is 1.81. The minimum Gasteiger partial charge on any atom is -0.144 e. The first kappa shape index (κ1) is 17.3. The first-order valence-corrected chi connectivity index (χ1v) is 11.3. The van der Waals surface area contributed by atoms with E-state index >= 15 is 0 Å². The highest BCUT2D eigenvalue weighted by molar-refractivity contribution is 8.22. The molecule has 0 aromatic heterocycles. The summed E-state index contributed by atoms with van der Waals surface area (Å²) in [5, 5.41) is 0. The first-order valence-electron chi connectivity index (χ1n) is 9.47. The molecule has 0 N–H and O–H groups in total. The van der Waals surface area contributed by atoms with Crippen LogP contribution in [0.5, 0.6) is 0 Å². The summed E-state index contributed by atoms with van der Waals surface area (Å²) in [6, 6.07) is 22.2. The third-order valence-corrected chi connectivity index (χ3v) is 8.87. The minimum absolute atomic E-state index is 0.341. The molecule has 2 heteroatoms. The number of allylic oxidation sites excluding steroid dienone is 1. The molecule has 0 bridgehead atoms. The molecule has 3 atom stereocenters. The van der Waals surface area contributed by atoms with E-state index in [4.69, 9.17) is 0 Å². The average Bonchev–Trinajstić information content (AvgIpc) is 2.68. The van der Waals surface area contributed by atoms with Gasteiger partial charge in [-0.3, -0.25) is 0 Å². The Morgan fingerprint density at radius 3 is 2.44 bits per heavy atom. The van der Waals surface area contributed by atoms with Crippen LogP contribution >= 0.6 is 23.5 Å². The zero-order valence-electron chi connectivity index (χ0n) is 14.9. The molecule has 1 aliphatic heterocycles. The molecule has 4 rings (SSSR count). The van der Waals surface area contributed by atoms with Crippen molar-refractivity contribution in [2.45, 2.75) is 42.6 Å². The summed E-state index contributed by atoms with van der Waals surface area (Å²) in [7, 11) is 0. The van der Waals surface area contributed by atoms with Gasteiger partial charge in [-0.2, -0.15) is 0 Å². The van der Waals surface area contributed by atoms with Crippen LogP contribution in [0.2, 0.25) is 0 Å². The number of rotatable bonds is 4. The number of thioether (sulfide) groups is 2. The second-order valence-corrected chi connectivity index (χ2v) is 10.3. The molecule has 0 nitrogen and oxygen atoms in total. The smallest absolute Gasteiger partial charge is 0.0694 e. The van der Waals surface area contributed by atoms with Crippen LogP contribution in [0, 0.1) is 5.92 Å². The van der Waals surface area contributed by atoms with Crippen LogP contribution < -0.4 is 0 Å². The van der Waals surface area contributed by atoms with Crippen molar-refractivity contribution in [3.8, 4) is 0 Å². The quantitative estimate of drug-likeness (QED) is 0.561. The lowest BCUT2D eigenvalue weighted by molar-refractivity contribution is 0.320. The molecule has 2 aromatic carbocycles. The largest absolute Gasteiger partial charge is 0.144 e. The van der Waals surface area contributed by atoms with Gasteiger partial charge in [-0.1, -0.05) is 86.5 Å². The Bertz CT molecular complexity index is 718. The summed E-state index contributed by atoms with van der Waals surface area (Å²) in [6.45, 7) is 2.32. The molecule has 2 aromatic rings. The summed E-state index contributed by atoms with van der Waals surface area (Å²) < 4.78 is 0.341. The summed E-state index contributed by atoms with van der Waals surface area (Å²) >= 11 is 4.37. The molecule has 0 saturated heterocycles. The van der Waals surface area contributed by atoms with Crippen molar-refractivity contribution in [3.63, 3.8) is 0 Å². The number of hydrogen-bond donors (Lipinski definition) is 0. The van der Waals surface area contributed by atoms with Crippen LogP contribution in [0.4, 0.5) is 0 Å². The second-order valence-electron chi connectivity index (χ2n) is 7.03. The normalized spacial score (nSPS) is 28.9. The van der Waals surface area contributed by atoms with Gasteiger partial charge in [0.1, 0.15) is 0 Å². The van der Waals surface area contributed by atoms with Crippen molar-refractivity contribution >= 4 is 28.4 Å². The molecule has 1 fully saturated rings. The van der Waals surface area contributed by atoms with E-state index < -0.39 is 0 Å². The molecule has 1 aliphatic carbocycles. The third-order valence-electron chi connectivity index (χ3n) is 5.53. The third kappa shape index (κ3) is 3.44. The van der Waals surface area contributed by atoms with Gasteiger partial charge >= 0.3 is 0 Å². The summed E-state index contributed by atoms with van der Waals surface area (Å²) in [5.74, 6) is 2.48. The van der Waals surface area contributed by atoms with Crippen molar-refractivity contribution in [2.75, 3.05) is 5.75 Å². The number of hydrogen-bond acceptors (Lipinski definition) is 2. The average molecular weight is 367 g/mol. The van der Waals surface area contributed by atoms with Gasteiger partial charge in [0.05, 0.1) is 4.08 Å². The van der Waals surface area contributed by atoms with Gasteiger partial charge in [0.2, 0.25) is 0 Å². The molecule has 130 valence electrons. The fraction of sp³-hybridized carbons (Fsp3) is 0.391. The van der Waals surface area contributed by atoms with Crippen LogP contribution in [-0.4, -0.2) is 9.83 Å². The van der Waals surface area contributed by atoms with E-state index in [1.165, 1.54) is 47.5 Å². The van der Waals surface area contributed by atoms with Crippen LogP contribution in [0.25, 0.3) is 4.91 Å². The van der Waals surface area contributed by atoms with Crippen LogP contribution in [0.15, 0.2) is 66.7 Å². The van der Waals surface area contributed by atoms with Crippen molar-refractivity contribution < 1.29 is 0 Å². The summed E-state index contributed by atoms with van der Waals surface area (Å²) in [4.78, 5) is 1.48. The lowest BCUT2D eigenvalue weighted by atomic mass is 9.75. The van der Waals surface area contributed by atoms with Gasteiger partial charge in [-0.05, 0) is 35.6 Å². The number of benzene rings is 2. The van der Waals surface area contributed by atoms with E-state index in [1.54, 1.807) is 0 Å². The van der Waals surface area contributed by atoms with E-state index in [0.717, 1.165) is 5.92 Å². The van der Waals surface area contributed by atoms with Crippen molar-refractivity contribution in [1.29, 1.82) is 0 Å². The fourth-order valence-electron chi connectivity index (χ4n) is 4.43. The van der Waals surface area contributed by atoms with Crippen molar-refractivity contribution in [1.82, 2.24) is 0 Å². The molecule has 0 radical (unpaired) electrons. The lowest BCUT2D eigenvalue weighted by Gasteiger charge is -2.49. The molecular formula is C23H26S2. The van der Waals surface area contributed by atoms with Gasteiger partial charge in [0.25, 0.3) is 0 Å². The second kappa shape index (κ2) is 7.63. The molecule has 25 heavy (non-hydrogen) atoms. The Labute approximate surface area is 160 Å². The summed E-state index contributed by atoms with van der Waals surface area (Å²) in [5.41, 5.74) is 2.87. The maximum atomic E-state index is 2.57. The Hall–Kier alpha value is -1.12. The topological polar surface area (TPSA) is 0 Å². The van der Waals surface area contributed by atoms with E-state index in [1.807, 2.05) is 0 Å². The highest BCUT2D eigenvalue weighted by atomic mass is 32.2. The van der Waals surface area contributed by atoms with Gasteiger partial charge < -0.3 is 0 Å². The highest BCUT2D eigenvalue weighted by Crippen LogP contribution is 2.63. The monoisotopic (exact) mass is 366 g/mol. The van der Waals surface area contributed by atoms with E-state index in [-0.39, 0.29) is 0 Å². The number of fused-ring (bicyclic) bond motifs is 1. The predicted octanol–water partition coefficient (Wildman–Crippen LogP) is 7.20. The Morgan fingerprint density at radius 1 is 1.00 bits per heavy atom. The van der Waals surface area contributed by atoms with Crippen molar-refractivity contribution in [2.24, 2.45) is 5.92 Å². The van der Waals surface area contributed by atoms with Gasteiger partial charge in [-0.25, -0.2) is 0 Å². The lowest BCUT2D eigenvalue weighted by Crippen LogP contribution is -2.40. The molecule has 1 saturated carbocycles. The van der Waals surface area contributed by atoms with Gasteiger partial charge in [-0.15, -0.1) is 23.5 Å². The van der Waals surface area contributed by atoms with Crippen LogP contribution in [0.3, 0.4) is 0 Å². The maximum absolute atomic E-state index is 2.57. The summed E-state index contributed by atoms with van der Waals surface area (Å²) in [6.07, 6.45) is 8.03. The van der Waals surface area contributed by atoms with Crippen molar-refractivity contribution in [3.05, 3.63) is 77.9 Å². The van der Waals surface area contributed by atoms with E-state index in [0.29, 0.717) is 10.00 Å². The van der Waals surface area contributed by atoms with E-state index in [2.05, 4.69) is 97.2 Å². The first-order chi connectivity index (χ1) is 12.3. The zero-order valence-corrected chi connectivity index (χ0v) is 16.5. The fourth-order valence-corrected chi connectivity index (χ4v) is 8.05. The van der Waals surface area contributed by atoms with Crippen LogP contribution in [0.1, 0.15) is 49.7 Å². The van der Waals surface area contributed by atoms with Crippen LogP contribution in [-0.2, 0) is 0 Å². The maximum Gasteiger partial charge on any atom is 0.0694 e. The minimum atomic E-state index is 0.341. The predicted molar refractivity (Wildman–Crippen MR) is 114 cm³/mol. The molecule has 3 unspecified atom stereocenters. The molecule has 0 spiro atoms. The van der Waals surface area contributed by atoms with Gasteiger partial charge in [0, 0.05) is 10.8 Å². The zero-order chi connectivity index (χ0) is 17.1. The molecular weight excluding hydrogens is 340 g/mol. The Kier molecular flexibility index (Phi) is 5.28. The van der Waals surface area contributed by atoms with E-state index in [9.17, 15) is 0 Å². The standard InChI is InChI=1S/C23H26S2/c1-2-24-23-16-10-9-15-21(23)20(18-11-5-3-6-12-18)17-22(25-23)19-13-7-4-8-14-19/h3-8,11-14,17,20-21H,2,9-10,15-16H2,1H3. The SMILES string of the molecule is CCSC12CCCCC1C(c1ccccc1)C=C(c1ccccc1)S2. The molecule has 2 aliphatic rings.